The molecule has 1 aliphatic carbocycles. The quantitative estimate of drug-likeness (QED) is 0.645. The Morgan fingerprint density at radius 2 is 2.19 bits per heavy atom. The van der Waals surface area contributed by atoms with Crippen LogP contribution in [-0.4, -0.2) is 18.0 Å². The monoisotopic (exact) mass is 215 g/mol. The van der Waals surface area contributed by atoms with E-state index in [1.807, 2.05) is 0 Å². The van der Waals surface area contributed by atoms with Crippen LogP contribution in [0.1, 0.15) is 26.2 Å². The predicted octanol–water partition coefficient (Wildman–Crippen LogP) is 3.67. The summed E-state index contributed by atoms with van der Waals surface area (Å²) < 4.78 is 0. The average molecular weight is 215 g/mol. The van der Waals surface area contributed by atoms with Gasteiger partial charge >= 0.3 is 0 Å². The second-order valence-electron chi connectivity index (χ2n) is 4.84. The lowest BCUT2D eigenvalue weighted by atomic mass is 9.82. The summed E-state index contributed by atoms with van der Waals surface area (Å²) in [6.07, 6.45) is 14.7. The minimum Gasteiger partial charge on any atom is -0.377 e. The Hall–Kier alpha value is -1.24. The third kappa shape index (κ3) is 2.29. The summed E-state index contributed by atoms with van der Waals surface area (Å²) in [5, 5.41) is 0. The van der Waals surface area contributed by atoms with Gasteiger partial charge in [-0.25, -0.2) is 0 Å². The molecule has 0 amide bonds. The van der Waals surface area contributed by atoms with Crippen molar-refractivity contribution in [1.82, 2.24) is 4.90 Å². The highest BCUT2D eigenvalue weighted by molar-refractivity contribution is 5.35. The molecule has 1 heteroatoms. The average Bonchev–Trinajstić information content (AvgIpc) is 2.36. The molecule has 0 aromatic rings. The zero-order chi connectivity index (χ0) is 11.5. The first-order valence-electron chi connectivity index (χ1n) is 6.17. The molecule has 16 heavy (non-hydrogen) atoms. The predicted molar refractivity (Wildman–Crippen MR) is 70.1 cm³/mol. The molecule has 0 saturated heterocycles. The molecule has 0 radical (unpaired) electrons. The number of hydrogen-bond donors (Lipinski definition) is 0. The fourth-order valence-electron chi connectivity index (χ4n) is 2.60. The fourth-order valence-corrected chi connectivity index (χ4v) is 2.60. The van der Waals surface area contributed by atoms with Crippen LogP contribution in [0.25, 0.3) is 0 Å². The van der Waals surface area contributed by atoms with Gasteiger partial charge < -0.3 is 4.90 Å². The number of rotatable bonds is 1. The maximum Gasteiger partial charge on any atom is 0.0352 e. The standard InChI is InChI=1S/C15H21N/c1-4-14-8-7-13-6-5-12(2)9-10-16(3)15(14)11-13/h5-7,9-10,14-15H,2,4,8,11H2,1,3H3/b6-5-,10-9?/t14-,15?/m0/s1. The van der Waals surface area contributed by atoms with Crippen LogP contribution in [0.2, 0.25) is 0 Å². The Balaban J connectivity index is 2.30. The summed E-state index contributed by atoms with van der Waals surface area (Å²) in [5.41, 5.74) is 2.54. The third-order valence-corrected chi connectivity index (χ3v) is 3.75. The molecule has 2 rings (SSSR count). The molecular weight excluding hydrogens is 194 g/mol. The van der Waals surface area contributed by atoms with E-state index in [1.165, 1.54) is 24.8 Å². The lowest BCUT2D eigenvalue weighted by Crippen LogP contribution is -2.36. The first-order chi connectivity index (χ1) is 7.70. The van der Waals surface area contributed by atoms with Crippen LogP contribution in [0.15, 0.2) is 48.2 Å². The second-order valence-corrected chi connectivity index (χ2v) is 4.84. The van der Waals surface area contributed by atoms with Crippen molar-refractivity contribution in [2.45, 2.75) is 32.2 Å². The highest BCUT2D eigenvalue weighted by atomic mass is 15.1. The van der Waals surface area contributed by atoms with E-state index in [0.29, 0.717) is 6.04 Å². The van der Waals surface area contributed by atoms with Gasteiger partial charge in [0, 0.05) is 13.1 Å². The Kier molecular flexibility index (Phi) is 3.33. The highest BCUT2D eigenvalue weighted by Gasteiger charge is 2.26. The zero-order valence-electron chi connectivity index (χ0n) is 10.3. The van der Waals surface area contributed by atoms with Crippen LogP contribution in [0.5, 0.6) is 0 Å². The van der Waals surface area contributed by atoms with Crippen molar-refractivity contribution < 1.29 is 0 Å². The summed E-state index contributed by atoms with van der Waals surface area (Å²) in [5.74, 6) is 0.790. The van der Waals surface area contributed by atoms with Crippen molar-refractivity contribution in [2.75, 3.05) is 7.05 Å². The first-order valence-corrected chi connectivity index (χ1v) is 6.17. The molecule has 0 N–H and O–H groups in total. The van der Waals surface area contributed by atoms with Crippen molar-refractivity contribution in [2.24, 2.45) is 5.92 Å². The molecule has 0 fully saturated rings. The minimum atomic E-state index is 0.650. The molecule has 1 unspecified atom stereocenters. The lowest BCUT2D eigenvalue weighted by molar-refractivity contribution is 0.219. The summed E-state index contributed by atoms with van der Waals surface area (Å²) in [7, 11) is 2.19. The summed E-state index contributed by atoms with van der Waals surface area (Å²) in [6.45, 7) is 6.31. The Bertz CT molecular complexity index is 360. The van der Waals surface area contributed by atoms with Crippen molar-refractivity contribution in [3.8, 4) is 0 Å². The van der Waals surface area contributed by atoms with Crippen molar-refractivity contribution in [1.29, 1.82) is 0 Å². The lowest BCUT2D eigenvalue weighted by Gasteiger charge is -2.36. The molecule has 2 bridgehead atoms. The van der Waals surface area contributed by atoms with Gasteiger partial charge in [0.05, 0.1) is 0 Å². The van der Waals surface area contributed by atoms with E-state index in [2.05, 4.69) is 56.0 Å². The number of allylic oxidation sites excluding steroid dienone is 5. The third-order valence-electron chi connectivity index (χ3n) is 3.75. The molecule has 0 spiro atoms. The molecule has 0 saturated carbocycles. The Labute approximate surface area is 98.8 Å². The van der Waals surface area contributed by atoms with Crippen LogP contribution in [0, 0.1) is 5.92 Å². The topological polar surface area (TPSA) is 3.24 Å². The van der Waals surface area contributed by atoms with Gasteiger partial charge in [0.25, 0.3) is 0 Å². The minimum absolute atomic E-state index is 0.650. The van der Waals surface area contributed by atoms with Gasteiger partial charge in [0.1, 0.15) is 0 Å². The molecule has 2 aliphatic rings. The van der Waals surface area contributed by atoms with E-state index >= 15 is 0 Å². The van der Waals surface area contributed by atoms with Gasteiger partial charge in [0.15, 0.2) is 0 Å². The molecule has 86 valence electrons. The molecule has 1 aliphatic heterocycles. The summed E-state index contributed by atoms with van der Waals surface area (Å²) >= 11 is 0. The molecule has 1 nitrogen and oxygen atoms in total. The van der Waals surface area contributed by atoms with Crippen LogP contribution >= 0.6 is 0 Å². The van der Waals surface area contributed by atoms with Gasteiger partial charge in [-0.05, 0) is 42.2 Å². The molecule has 0 aromatic heterocycles. The van der Waals surface area contributed by atoms with Crippen LogP contribution in [0.3, 0.4) is 0 Å². The van der Waals surface area contributed by atoms with E-state index in [-0.39, 0.29) is 0 Å². The van der Waals surface area contributed by atoms with E-state index in [1.54, 1.807) is 0 Å². The number of fused-ring (bicyclic) bond motifs is 2. The van der Waals surface area contributed by atoms with E-state index in [4.69, 9.17) is 0 Å². The second kappa shape index (κ2) is 4.73. The maximum absolute atomic E-state index is 4.02. The molecule has 0 aromatic carbocycles. The number of nitrogens with zero attached hydrogens (tertiary/aromatic N) is 1. The van der Waals surface area contributed by atoms with Gasteiger partial charge in [-0.3, -0.25) is 0 Å². The van der Waals surface area contributed by atoms with E-state index in [9.17, 15) is 0 Å². The molecule has 2 atom stereocenters. The van der Waals surface area contributed by atoms with Crippen molar-refractivity contribution >= 4 is 0 Å². The Morgan fingerprint density at radius 3 is 2.94 bits per heavy atom. The van der Waals surface area contributed by atoms with Crippen molar-refractivity contribution in [3.63, 3.8) is 0 Å². The van der Waals surface area contributed by atoms with Gasteiger partial charge in [-0.15, -0.1) is 0 Å². The SMILES string of the molecule is C=C1C=CN(C)C2CC(=CC[C@@H]2CC)/C=C\1. The largest absolute Gasteiger partial charge is 0.377 e. The van der Waals surface area contributed by atoms with Crippen LogP contribution in [0.4, 0.5) is 0 Å². The van der Waals surface area contributed by atoms with Gasteiger partial charge in [-0.2, -0.15) is 0 Å². The zero-order valence-corrected chi connectivity index (χ0v) is 10.3. The van der Waals surface area contributed by atoms with Crippen LogP contribution < -0.4 is 0 Å². The van der Waals surface area contributed by atoms with Crippen molar-refractivity contribution in [3.05, 3.63) is 48.2 Å². The highest BCUT2D eigenvalue weighted by Crippen LogP contribution is 2.31. The smallest absolute Gasteiger partial charge is 0.0352 e. The first kappa shape index (κ1) is 11.3. The molecule has 1 heterocycles. The number of hydrogen-bond acceptors (Lipinski definition) is 1. The Morgan fingerprint density at radius 1 is 1.38 bits per heavy atom. The van der Waals surface area contributed by atoms with Gasteiger partial charge in [0.2, 0.25) is 0 Å². The van der Waals surface area contributed by atoms with E-state index < -0.39 is 0 Å². The normalized spacial score (nSPS) is 31.5. The molecular formula is C15H21N. The summed E-state index contributed by atoms with van der Waals surface area (Å²) in [6, 6.07) is 0.650. The van der Waals surface area contributed by atoms with Gasteiger partial charge in [-0.1, -0.05) is 38.2 Å². The summed E-state index contributed by atoms with van der Waals surface area (Å²) in [4.78, 5) is 2.36. The van der Waals surface area contributed by atoms with Crippen LogP contribution in [-0.2, 0) is 0 Å². The maximum atomic E-state index is 4.02. The van der Waals surface area contributed by atoms with E-state index in [0.717, 1.165) is 11.5 Å². The fraction of sp³-hybridized carbons (Fsp3) is 0.467.